The van der Waals surface area contributed by atoms with Gasteiger partial charge >= 0.3 is 0 Å². The van der Waals surface area contributed by atoms with E-state index in [9.17, 15) is 4.79 Å². The van der Waals surface area contributed by atoms with Crippen LogP contribution in [0.2, 0.25) is 5.02 Å². The van der Waals surface area contributed by atoms with Crippen molar-refractivity contribution in [2.45, 2.75) is 13.5 Å². The lowest BCUT2D eigenvalue weighted by molar-refractivity contribution is 0.0305. The van der Waals surface area contributed by atoms with Gasteiger partial charge in [0, 0.05) is 18.1 Å². The van der Waals surface area contributed by atoms with Crippen LogP contribution in [0.5, 0.6) is 5.75 Å². The topological polar surface area (TPSA) is 51.7 Å². The fraction of sp³-hybridized carbons (Fsp3) is 0.375. The zero-order valence-electron chi connectivity index (χ0n) is 12.8. The van der Waals surface area contributed by atoms with Crippen molar-refractivity contribution in [2.24, 2.45) is 0 Å². The van der Waals surface area contributed by atoms with E-state index in [0.29, 0.717) is 42.8 Å². The molecule has 0 N–H and O–H groups in total. The molecule has 1 aliphatic heterocycles. The quantitative estimate of drug-likeness (QED) is 0.848. The van der Waals surface area contributed by atoms with Gasteiger partial charge in [-0.1, -0.05) is 11.6 Å². The average molecular weight is 353 g/mol. The van der Waals surface area contributed by atoms with Crippen molar-refractivity contribution in [3.63, 3.8) is 0 Å². The van der Waals surface area contributed by atoms with E-state index in [2.05, 4.69) is 4.98 Å². The molecule has 3 rings (SSSR count). The molecule has 1 saturated heterocycles. The number of aryl methyl sites for hydroxylation is 1. The van der Waals surface area contributed by atoms with Crippen molar-refractivity contribution in [1.29, 1.82) is 0 Å². The van der Waals surface area contributed by atoms with Crippen molar-refractivity contribution >= 4 is 28.8 Å². The average Bonchev–Trinajstić information content (AvgIpc) is 2.95. The fourth-order valence-corrected chi connectivity index (χ4v) is 3.37. The van der Waals surface area contributed by atoms with Crippen LogP contribution in [0.4, 0.5) is 0 Å². The van der Waals surface area contributed by atoms with Crippen molar-refractivity contribution in [3.8, 4) is 5.75 Å². The van der Waals surface area contributed by atoms with Crippen molar-refractivity contribution in [1.82, 2.24) is 9.88 Å². The van der Waals surface area contributed by atoms with Crippen LogP contribution in [0.1, 0.15) is 20.4 Å². The Labute approximate surface area is 143 Å². The highest BCUT2D eigenvalue weighted by Gasteiger charge is 2.23. The largest absolute Gasteiger partial charge is 0.486 e. The number of rotatable bonds is 4. The molecule has 0 aliphatic carbocycles. The molecule has 0 unspecified atom stereocenters. The zero-order valence-corrected chi connectivity index (χ0v) is 14.3. The van der Waals surface area contributed by atoms with E-state index < -0.39 is 0 Å². The van der Waals surface area contributed by atoms with Crippen LogP contribution in [0.3, 0.4) is 0 Å². The van der Waals surface area contributed by atoms with Crippen LogP contribution in [0.15, 0.2) is 24.3 Å². The van der Waals surface area contributed by atoms with E-state index in [1.165, 1.54) is 11.3 Å². The number of carbonyl (C=O) groups is 1. The van der Waals surface area contributed by atoms with Crippen LogP contribution >= 0.6 is 22.9 Å². The first-order valence-corrected chi connectivity index (χ1v) is 8.54. The number of carbonyl (C=O) groups excluding carboxylic acids is 1. The number of thiazole rings is 1. The van der Waals surface area contributed by atoms with Crippen LogP contribution in [-0.2, 0) is 11.3 Å². The van der Waals surface area contributed by atoms with Gasteiger partial charge < -0.3 is 14.4 Å². The third kappa shape index (κ3) is 4.02. The van der Waals surface area contributed by atoms with Crippen LogP contribution in [0, 0.1) is 6.92 Å². The molecular weight excluding hydrogens is 336 g/mol. The Bertz CT molecular complexity index is 681. The standard InChI is InChI=1S/C16H17ClN2O3S/c1-11-15(16(20)19-6-8-21-9-7-19)23-14(18-11)10-22-13-4-2-12(17)3-5-13/h2-5H,6-10H2,1H3. The lowest BCUT2D eigenvalue weighted by Crippen LogP contribution is -2.40. The summed E-state index contributed by atoms with van der Waals surface area (Å²) < 4.78 is 11.0. The molecule has 7 heteroatoms. The summed E-state index contributed by atoms with van der Waals surface area (Å²) in [6, 6.07) is 7.17. The molecule has 1 fully saturated rings. The Morgan fingerprint density at radius 2 is 2.04 bits per heavy atom. The Hall–Kier alpha value is -1.63. The van der Waals surface area contributed by atoms with E-state index in [1.54, 1.807) is 12.1 Å². The predicted octanol–water partition coefficient (Wildman–Crippen LogP) is 3.16. The summed E-state index contributed by atoms with van der Waals surface area (Å²) in [6.07, 6.45) is 0. The van der Waals surface area contributed by atoms with Crippen molar-refractivity contribution in [3.05, 3.63) is 44.9 Å². The van der Waals surface area contributed by atoms with Gasteiger partial charge in [-0.3, -0.25) is 4.79 Å². The second-order valence-electron chi connectivity index (χ2n) is 5.17. The molecule has 1 aromatic heterocycles. The number of hydrogen-bond donors (Lipinski definition) is 0. The molecule has 1 amide bonds. The molecule has 0 spiro atoms. The highest BCUT2D eigenvalue weighted by molar-refractivity contribution is 7.13. The third-order valence-corrected chi connectivity index (χ3v) is 4.88. The molecule has 1 aliphatic rings. The maximum Gasteiger partial charge on any atom is 0.266 e. The Morgan fingerprint density at radius 1 is 1.35 bits per heavy atom. The van der Waals surface area contributed by atoms with E-state index in [-0.39, 0.29) is 5.91 Å². The first-order valence-electron chi connectivity index (χ1n) is 7.35. The molecule has 2 aromatic rings. The van der Waals surface area contributed by atoms with Gasteiger partial charge in [0.1, 0.15) is 22.2 Å². The van der Waals surface area contributed by atoms with Crippen molar-refractivity contribution < 1.29 is 14.3 Å². The summed E-state index contributed by atoms with van der Waals surface area (Å²) in [5, 5.41) is 1.45. The van der Waals surface area contributed by atoms with Gasteiger partial charge in [0.15, 0.2) is 0 Å². The van der Waals surface area contributed by atoms with Gasteiger partial charge in [0.05, 0.1) is 18.9 Å². The molecule has 0 radical (unpaired) electrons. The van der Waals surface area contributed by atoms with Gasteiger partial charge in [0.2, 0.25) is 0 Å². The lowest BCUT2D eigenvalue weighted by Gasteiger charge is -2.26. The van der Waals surface area contributed by atoms with Gasteiger partial charge in [-0.15, -0.1) is 11.3 Å². The maximum absolute atomic E-state index is 12.5. The summed E-state index contributed by atoms with van der Waals surface area (Å²) in [6.45, 7) is 4.64. The monoisotopic (exact) mass is 352 g/mol. The first-order chi connectivity index (χ1) is 11.1. The van der Waals surface area contributed by atoms with Gasteiger partial charge in [-0.05, 0) is 31.2 Å². The van der Waals surface area contributed by atoms with Gasteiger partial charge in [0.25, 0.3) is 5.91 Å². The molecule has 2 heterocycles. The summed E-state index contributed by atoms with van der Waals surface area (Å²) >= 11 is 7.23. The molecular formula is C16H17ClN2O3S. The number of halogens is 1. The normalized spacial score (nSPS) is 14.8. The number of nitrogens with zero attached hydrogens (tertiary/aromatic N) is 2. The van der Waals surface area contributed by atoms with Crippen LogP contribution in [0.25, 0.3) is 0 Å². The molecule has 122 valence electrons. The minimum absolute atomic E-state index is 0.0287. The van der Waals surface area contributed by atoms with Gasteiger partial charge in [-0.25, -0.2) is 4.98 Å². The highest BCUT2D eigenvalue weighted by Crippen LogP contribution is 2.23. The van der Waals surface area contributed by atoms with E-state index >= 15 is 0 Å². The zero-order chi connectivity index (χ0) is 16.2. The maximum atomic E-state index is 12.5. The number of hydrogen-bond acceptors (Lipinski definition) is 5. The Kier molecular flexibility index (Phi) is 5.15. The predicted molar refractivity (Wildman–Crippen MR) is 89.4 cm³/mol. The van der Waals surface area contributed by atoms with Gasteiger partial charge in [-0.2, -0.15) is 0 Å². The summed E-state index contributed by atoms with van der Waals surface area (Å²) in [5.41, 5.74) is 0.751. The molecule has 23 heavy (non-hydrogen) atoms. The van der Waals surface area contributed by atoms with Crippen LogP contribution in [-0.4, -0.2) is 42.1 Å². The molecule has 0 saturated carbocycles. The van der Waals surface area contributed by atoms with E-state index in [0.717, 1.165) is 16.5 Å². The number of ether oxygens (including phenoxy) is 2. The first kappa shape index (κ1) is 16.2. The summed E-state index contributed by atoms with van der Waals surface area (Å²) in [7, 11) is 0. The number of amides is 1. The second-order valence-corrected chi connectivity index (χ2v) is 6.69. The van der Waals surface area contributed by atoms with E-state index in [4.69, 9.17) is 21.1 Å². The number of benzene rings is 1. The highest BCUT2D eigenvalue weighted by atomic mass is 35.5. The fourth-order valence-electron chi connectivity index (χ4n) is 2.30. The Morgan fingerprint density at radius 3 is 2.74 bits per heavy atom. The minimum atomic E-state index is 0.0287. The number of morpholine rings is 1. The second kappa shape index (κ2) is 7.29. The molecule has 1 aromatic carbocycles. The SMILES string of the molecule is Cc1nc(COc2ccc(Cl)cc2)sc1C(=O)N1CCOCC1. The summed E-state index contributed by atoms with van der Waals surface area (Å²) in [5.74, 6) is 0.754. The third-order valence-electron chi connectivity index (χ3n) is 3.51. The lowest BCUT2D eigenvalue weighted by atomic mass is 10.3. The van der Waals surface area contributed by atoms with E-state index in [1.807, 2.05) is 24.0 Å². The molecule has 0 atom stereocenters. The smallest absolute Gasteiger partial charge is 0.266 e. The Balaban J connectivity index is 1.65. The molecule has 5 nitrogen and oxygen atoms in total. The van der Waals surface area contributed by atoms with Crippen LogP contribution < -0.4 is 4.74 Å². The minimum Gasteiger partial charge on any atom is -0.486 e. The molecule has 0 bridgehead atoms. The summed E-state index contributed by atoms with van der Waals surface area (Å²) in [4.78, 5) is 19.5. The van der Waals surface area contributed by atoms with Crippen molar-refractivity contribution in [2.75, 3.05) is 26.3 Å². The number of aromatic nitrogens is 1.